The quantitative estimate of drug-likeness (QED) is 0.809. The molecule has 2 aromatic rings. The zero-order valence-electron chi connectivity index (χ0n) is 11.9. The fraction of sp³-hybridized carbons (Fsp3) is 0.533. The predicted molar refractivity (Wildman–Crippen MR) is 77.3 cm³/mol. The van der Waals surface area contributed by atoms with Crippen LogP contribution in [0.2, 0.25) is 0 Å². The third-order valence-electron chi connectivity index (χ3n) is 4.27. The number of carbonyl (C=O) groups excluding carboxylic acids is 1. The summed E-state index contributed by atoms with van der Waals surface area (Å²) in [6.07, 6.45) is 4.00. The van der Waals surface area contributed by atoms with Crippen molar-refractivity contribution in [2.24, 2.45) is 11.8 Å². The Kier molecular flexibility index (Phi) is 3.20. The highest BCUT2D eigenvalue weighted by Gasteiger charge is 2.30. The summed E-state index contributed by atoms with van der Waals surface area (Å²) in [5.41, 5.74) is 7.70. The lowest BCUT2D eigenvalue weighted by Crippen LogP contribution is -2.14. The third kappa shape index (κ3) is 2.28. The first-order valence-corrected chi connectivity index (χ1v) is 7.16. The van der Waals surface area contributed by atoms with Crippen LogP contribution in [0.3, 0.4) is 0 Å². The molecule has 1 aliphatic rings. The van der Waals surface area contributed by atoms with Crippen LogP contribution in [0.15, 0.2) is 18.3 Å². The lowest BCUT2D eigenvalue weighted by molar-refractivity contribution is -0.119. The van der Waals surface area contributed by atoms with Gasteiger partial charge in [-0.2, -0.15) is 9.61 Å². The van der Waals surface area contributed by atoms with Crippen molar-refractivity contribution in [3.05, 3.63) is 24.0 Å². The van der Waals surface area contributed by atoms with Gasteiger partial charge in [-0.05, 0) is 18.3 Å². The highest BCUT2D eigenvalue weighted by atomic mass is 16.1. The fourth-order valence-electron chi connectivity index (χ4n) is 3.34. The number of hydrogen-bond donors (Lipinski definition) is 1. The van der Waals surface area contributed by atoms with E-state index < -0.39 is 0 Å². The van der Waals surface area contributed by atoms with E-state index in [9.17, 15) is 4.79 Å². The van der Waals surface area contributed by atoms with Crippen molar-refractivity contribution < 1.29 is 4.79 Å². The van der Waals surface area contributed by atoms with E-state index in [1.165, 1.54) is 0 Å². The number of ketones is 1. The van der Waals surface area contributed by atoms with Crippen molar-refractivity contribution in [3.8, 4) is 0 Å². The molecular weight excluding hydrogens is 252 g/mol. The van der Waals surface area contributed by atoms with Gasteiger partial charge in [-0.25, -0.2) is 4.98 Å². The topological polar surface area (TPSA) is 73.3 Å². The zero-order valence-corrected chi connectivity index (χ0v) is 11.9. The minimum atomic E-state index is 0.162. The van der Waals surface area contributed by atoms with Gasteiger partial charge in [0, 0.05) is 30.9 Å². The molecule has 2 aromatic heterocycles. The summed E-state index contributed by atoms with van der Waals surface area (Å²) in [6, 6.07) is 3.70. The van der Waals surface area contributed by atoms with Crippen LogP contribution >= 0.6 is 0 Å². The second-order valence-corrected chi connectivity index (χ2v) is 6.08. The summed E-state index contributed by atoms with van der Waals surface area (Å²) in [4.78, 5) is 16.7. The van der Waals surface area contributed by atoms with E-state index in [2.05, 4.69) is 23.9 Å². The molecule has 20 heavy (non-hydrogen) atoms. The minimum absolute atomic E-state index is 0.162. The number of nitrogens with two attached hydrogens (primary N) is 1. The average Bonchev–Trinajstić information content (AvgIpc) is 2.79. The number of carbonyl (C=O) groups is 1. The monoisotopic (exact) mass is 272 g/mol. The van der Waals surface area contributed by atoms with Crippen molar-refractivity contribution in [3.63, 3.8) is 0 Å². The van der Waals surface area contributed by atoms with Crippen LogP contribution in [0.4, 0.5) is 5.82 Å². The first-order valence-electron chi connectivity index (χ1n) is 7.16. The molecule has 2 heterocycles. The Balaban J connectivity index is 2.01. The van der Waals surface area contributed by atoms with Crippen molar-refractivity contribution in [1.82, 2.24) is 14.6 Å². The molecule has 1 fully saturated rings. The molecule has 0 radical (unpaired) electrons. The Morgan fingerprint density at radius 3 is 2.95 bits per heavy atom. The van der Waals surface area contributed by atoms with Gasteiger partial charge in [0.05, 0.1) is 11.9 Å². The van der Waals surface area contributed by atoms with Gasteiger partial charge in [0.1, 0.15) is 11.6 Å². The second-order valence-electron chi connectivity index (χ2n) is 6.08. The van der Waals surface area contributed by atoms with Crippen LogP contribution in [-0.4, -0.2) is 20.4 Å². The summed E-state index contributed by atoms with van der Waals surface area (Å²) in [7, 11) is 0. The SMILES string of the molecule is CC1CC(=O)CC(c2cc(N)n3nccc3n2)C(C)C1. The largest absolute Gasteiger partial charge is 0.384 e. The molecule has 106 valence electrons. The zero-order chi connectivity index (χ0) is 14.3. The van der Waals surface area contributed by atoms with Crippen LogP contribution in [0.5, 0.6) is 0 Å². The average molecular weight is 272 g/mol. The van der Waals surface area contributed by atoms with E-state index in [0.29, 0.717) is 36.3 Å². The maximum absolute atomic E-state index is 12.0. The van der Waals surface area contributed by atoms with Gasteiger partial charge in [-0.15, -0.1) is 0 Å². The van der Waals surface area contributed by atoms with E-state index in [0.717, 1.165) is 17.8 Å². The normalized spacial score (nSPS) is 27.7. The van der Waals surface area contributed by atoms with Crippen LogP contribution in [0, 0.1) is 11.8 Å². The van der Waals surface area contributed by atoms with Crippen LogP contribution in [-0.2, 0) is 4.79 Å². The Morgan fingerprint density at radius 2 is 2.15 bits per heavy atom. The van der Waals surface area contributed by atoms with Gasteiger partial charge < -0.3 is 5.73 Å². The van der Waals surface area contributed by atoms with Gasteiger partial charge in [0.15, 0.2) is 5.65 Å². The van der Waals surface area contributed by atoms with E-state index >= 15 is 0 Å². The molecular formula is C15H20N4O. The Labute approximate surface area is 118 Å². The molecule has 0 spiro atoms. The maximum atomic E-state index is 12.0. The lowest BCUT2D eigenvalue weighted by atomic mass is 9.85. The molecule has 0 amide bonds. The third-order valence-corrected chi connectivity index (χ3v) is 4.27. The van der Waals surface area contributed by atoms with Gasteiger partial charge in [0.25, 0.3) is 0 Å². The standard InChI is InChI=1S/C15H20N4O/c1-9-5-10(2)12(7-11(20)6-9)13-8-14(16)19-15(18-13)3-4-17-19/h3-4,8-10,12H,5-7,16H2,1-2H3. The molecule has 3 rings (SSSR count). The second kappa shape index (κ2) is 4.89. The van der Waals surface area contributed by atoms with E-state index in [1.54, 1.807) is 10.7 Å². The summed E-state index contributed by atoms with van der Waals surface area (Å²) >= 11 is 0. The highest BCUT2D eigenvalue weighted by Crippen LogP contribution is 2.36. The lowest BCUT2D eigenvalue weighted by Gasteiger charge is -2.21. The number of Topliss-reactive ketones (excluding diaryl/α,β-unsaturated/α-hetero) is 1. The Bertz CT molecular complexity index is 648. The van der Waals surface area contributed by atoms with Gasteiger partial charge in [0.2, 0.25) is 0 Å². The molecule has 1 aliphatic carbocycles. The van der Waals surface area contributed by atoms with Crippen LogP contribution < -0.4 is 5.73 Å². The molecule has 5 heteroatoms. The molecule has 2 N–H and O–H groups in total. The minimum Gasteiger partial charge on any atom is -0.384 e. The first kappa shape index (κ1) is 13.1. The molecule has 0 saturated heterocycles. The number of nitrogens with zero attached hydrogens (tertiary/aromatic N) is 3. The molecule has 3 atom stereocenters. The van der Waals surface area contributed by atoms with Gasteiger partial charge >= 0.3 is 0 Å². The van der Waals surface area contributed by atoms with Crippen molar-refractivity contribution in [2.75, 3.05) is 5.73 Å². The molecule has 1 saturated carbocycles. The summed E-state index contributed by atoms with van der Waals surface area (Å²) < 4.78 is 1.62. The fourth-order valence-corrected chi connectivity index (χ4v) is 3.34. The first-order chi connectivity index (χ1) is 9.54. The van der Waals surface area contributed by atoms with E-state index in [4.69, 9.17) is 5.73 Å². The number of hydrogen-bond acceptors (Lipinski definition) is 4. The summed E-state index contributed by atoms with van der Waals surface area (Å²) in [6.45, 7) is 4.36. The highest BCUT2D eigenvalue weighted by molar-refractivity contribution is 5.79. The molecule has 0 aromatic carbocycles. The number of anilines is 1. The molecule has 5 nitrogen and oxygen atoms in total. The maximum Gasteiger partial charge on any atom is 0.157 e. The smallest absolute Gasteiger partial charge is 0.157 e. The van der Waals surface area contributed by atoms with Crippen LogP contribution in [0.25, 0.3) is 5.65 Å². The summed E-state index contributed by atoms with van der Waals surface area (Å²) in [5.74, 6) is 1.97. The number of aromatic nitrogens is 3. The molecule has 3 unspecified atom stereocenters. The number of nitrogen functional groups attached to an aromatic ring is 1. The summed E-state index contributed by atoms with van der Waals surface area (Å²) in [5, 5.41) is 4.13. The van der Waals surface area contributed by atoms with Crippen molar-refractivity contribution >= 4 is 17.2 Å². The predicted octanol–water partition coefficient (Wildman–Crippen LogP) is 2.42. The molecule has 0 bridgehead atoms. The Hall–Kier alpha value is -1.91. The van der Waals surface area contributed by atoms with Gasteiger partial charge in [-0.3, -0.25) is 4.79 Å². The number of fused-ring (bicyclic) bond motifs is 1. The van der Waals surface area contributed by atoms with Crippen LogP contribution in [0.1, 0.15) is 44.7 Å². The van der Waals surface area contributed by atoms with Gasteiger partial charge in [-0.1, -0.05) is 13.8 Å². The van der Waals surface area contributed by atoms with Crippen molar-refractivity contribution in [1.29, 1.82) is 0 Å². The van der Waals surface area contributed by atoms with Crippen molar-refractivity contribution in [2.45, 2.75) is 39.0 Å². The Morgan fingerprint density at radius 1 is 1.35 bits per heavy atom. The van der Waals surface area contributed by atoms with E-state index in [-0.39, 0.29) is 5.92 Å². The molecule has 0 aliphatic heterocycles. The number of rotatable bonds is 1. The van der Waals surface area contributed by atoms with E-state index in [1.807, 2.05) is 12.1 Å².